The van der Waals surface area contributed by atoms with Crippen molar-refractivity contribution in [2.45, 2.75) is 97.6 Å². The van der Waals surface area contributed by atoms with E-state index >= 15 is 0 Å². The molecule has 8 heteroatoms. The zero-order valence-electron chi connectivity index (χ0n) is 25.0. The van der Waals surface area contributed by atoms with Gasteiger partial charge in [0.15, 0.2) is 8.32 Å². The minimum Gasteiger partial charge on any atom is -0.488 e. The van der Waals surface area contributed by atoms with Gasteiger partial charge in [-0.25, -0.2) is 9.59 Å². The van der Waals surface area contributed by atoms with E-state index in [1.165, 1.54) is 55.6 Å². The molecule has 6 nitrogen and oxygen atoms in total. The predicted molar refractivity (Wildman–Crippen MR) is 162 cm³/mol. The Bertz CT molecular complexity index is 1110. The average molecular weight is 575 g/mol. The van der Waals surface area contributed by atoms with Gasteiger partial charge < -0.3 is 18.6 Å². The molecule has 0 N–H and O–H groups in total. The molecule has 0 spiro atoms. The van der Waals surface area contributed by atoms with Crippen LogP contribution < -0.4 is 4.74 Å². The second-order valence-corrected chi connectivity index (χ2v) is 15.6. The lowest BCUT2D eigenvalue weighted by atomic mass is 9.91. The summed E-state index contributed by atoms with van der Waals surface area (Å²) in [5.41, 5.74) is 2.66. The molecule has 1 aromatic carbocycles. The van der Waals surface area contributed by atoms with Gasteiger partial charge >= 0.3 is 11.9 Å². The number of carbonyl (C=O) groups is 2. The molecule has 2 aromatic rings. The Balaban J connectivity index is 2.07. The summed E-state index contributed by atoms with van der Waals surface area (Å²) in [6, 6.07) is 10.4. The lowest BCUT2D eigenvalue weighted by Gasteiger charge is -2.42. The van der Waals surface area contributed by atoms with E-state index in [4.69, 9.17) is 18.6 Å². The number of thiophene rings is 1. The standard InChI is InChI=1S/C31H46O6SSi/c1-9-31(10-2,37-39(11-3,12-4)13-5)18-14-15-23(6)24-19-26(38-22-24)21-36-25-16-17-27(29(32)34-7)28(20-25)30(33)35-8/h15-17,19-20,22H,9-14,18,21H2,1-8H3. The Morgan fingerprint density at radius 3 is 2.10 bits per heavy atom. The number of carbonyl (C=O) groups excluding carboxylic acids is 2. The van der Waals surface area contributed by atoms with E-state index in [0.29, 0.717) is 12.4 Å². The van der Waals surface area contributed by atoms with Gasteiger partial charge in [-0.05, 0) is 91.5 Å². The van der Waals surface area contributed by atoms with Crippen LogP contribution in [-0.4, -0.2) is 40.1 Å². The van der Waals surface area contributed by atoms with Crippen LogP contribution in [0.5, 0.6) is 5.75 Å². The molecule has 0 unspecified atom stereocenters. The quantitative estimate of drug-likeness (QED) is 0.148. The summed E-state index contributed by atoms with van der Waals surface area (Å²) in [6.45, 7) is 13.9. The summed E-state index contributed by atoms with van der Waals surface area (Å²) in [6.07, 6.45) is 6.44. The third-order valence-corrected chi connectivity index (χ3v) is 13.6. The lowest BCUT2D eigenvalue weighted by Crippen LogP contribution is -2.46. The van der Waals surface area contributed by atoms with Crippen LogP contribution in [0.25, 0.3) is 5.57 Å². The van der Waals surface area contributed by atoms with Crippen molar-refractivity contribution in [2.75, 3.05) is 14.2 Å². The monoisotopic (exact) mass is 574 g/mol. The predicted octanol–water partition coefficient (Wildman–Crippen LogP) is 8.66. The van der Waals surface area contributed by atoms with Crippen molar-refractivity contribution in [2.24, 2.45) is 0 Å². The second kappa shape index (κ2) is 15.4. The van der Waals surface area contributed by atoms with Gasteiger partial charge in [0.25, 0.3) is 0 Å². The number of hydrogen-bond acceptors (Lipinski definition) is 7. The van der Waals surface area contributed by atoms with Crippen LogP contribution in [-0.2, 0) is 20.5 Å². The Morgan fingerprint density at radius 1 is 0.923 bits per heavy atom. The van der Waals surface area contributed by atoms with Crippen LogP contribution >= 0.6 is 11.3 Å². The zero-order valence-corrected chi connectivity index (χ0v) is 26.8. The van der Waals surface area contributed by atoms with E-state index in [2.05, 4.69) is 59.1 Å². The Morgan fingerprint density at radius 2 is 1.54 bits per heavy atom. The van der Waals surface area contributed by atoms with Gasteiger partial charge in [-0.2, -0.15) is 0 Å². The fourth-order valence-electron chi connectivity index (χ4n) is 4.89. The summed E-state index contributed by atoms with van der Waals surface area (Å²) < 4.78 is 22.6. The van der Waals surface area contributed by atoms with Crippen LogP contribution in [0.2, 0.25) is 18.1 Å². The fourth-order valence-corrected chi connectivity index (χ4v) is 8.99. The SMILES string of the molecule is CCC(CC)(CCC=C(C)c1csc(COc2ccc(C(=O)OC)c(C(=O)OC)c2)c1)O[Si](CC)(CC)CC. The molecule has 2 rings (SSSR count). The summed E-state index contributed by atoms with van der Waals surface area (Å²) in [7, 11) is 0.869. The van der Waals surface area contributed by atoms with E-state index < -0.39 is 20.3 Å². The highest BCUT2D eigenvalue weighted by Crippen LogP contribution is 2.36. The van der Waals surface area contributed by atoms with Crippen LogP contribution in [0.15, 0.2) is 35.7 Å². The van der Waals surface area contributed by atoms with E-state index in [-0.39, 0.29) is 16.7 Å². The molecule has 1 aromatic heterocycles. The highest BCUT2D eigenvalue weighted by molar-refractivity contribution is 7.10. The second-order valence-electron chi connectivity index (χ2n) is 9.94. The lowest BCUT2D eigenvalue weighted by molar-refractivity contribution is 0.0397. The molecule has 0 saturated carbocycles. The maximum Gasteiger partial charge on any atom is 0.338 e. The molecule has 216 valence electrons. The topological polar surface area (TPSA) is 71.1 Å². The largest absolute Gasteiger partial charge is 0.488 e. The van der Waals surface area contributed by atoms with Crippen LogP contribution in [0.4, 0.5) is 0 Å². The zero-order chi connectivity index (χ0) is 29.1. The van der Waals surface area contributed by atoms with Crippen molar-refractivity contribution in [1.82, 2.24) is 0 Å². The van der Waals surface area contributed by atoms with Gasteiger partial charge in [0.05, 0.1) is 30.9 Å². The molecule has 0 atom stereocenters. The van der Waals surface area contributed by atoms with Gasteiger partial charge in [-0.3, -0.25) is 0 Å². The minimum absolute atomic E-state index is 0.0366. The van der Waals surface area contributed by atoms with Gasteiger partial charge in [0.1, 0.15) is 12.4 Å². The highest BCUT2D eigenvalue weighted by Gasteiger charge is 2.38. The summed E-state index contributed by atoms with van der Waals surface area (Å²) in [5, 5.41) is 2.15. The Hall–Kier alpha value is -2.42. The van der Waals surface area contributed by atoms with Crippen molar-refractivity contribution in [3.05, 3.63) is 57.3 Å². The summed E-state index contributed by atoms with van der Waals surface area (Å²) in [5.74, 6) is -0.740. The molecule has 0 saturated heterocycles. The van der Waals surface area contributed by atoms with Crippen molar-refractivity contribution >= 4 is 37.2 Å². The van der Waals surface area contributed by atoms with Crippen molar-refractivity contribution < 1.29 is 28.2 Å². The number of esters is 2. The number of allylic oxidation sites excluding steroid dienone is 2. The third kappa shape index (κ3) is 8.53. The molecule has 1 heterocycles. The Labute approximate surface area is 239 Å². The maximum atomic E-state index is 12.2. The van der Waals surface area contributed by atoms with Crippen molar-refractivity contribution in [3.63, 3.8) is 0 Å². The molecule has 0 bridgehead atoms. The first kappa shape index (κ1) is 32.8. The van der Waals surface area contributed by atoms with E-state index in [0.717, 1.165) is 30.6 Å². The van der Waals surface area contributed by atoms with Crippen molar-refractivity contribution in [3.8, 4) is 5.75 Å². The molecular formula is C31H46O6SSi. The number of benzene rings is 1. The molecule has 0 aliphatic heterocycles. The highest BCUT2D eigenvalue weighted by atomic mass is 32.1. The molecule has 0 fully saturated rings. The first-order valence-electron chi connectivity index (χ1n) is 14.0. The van der Waals surface area contributed by atoms with Gasteiger partial charge in [0, 0.05) is 4.88 Å². The van der Waals surface area contributed by atoms with Crippen LogP contribution in [0.1, 0.15) is 98.4 Å². The molecule has 0 radical (unpaired) electrons. The summed E-state index contributed by atoms with van der Waals surface area (Å²) in [4.78, 5) is 25.2. The smallest absolute Gasteiger partial charge is 0.338 e. The average Bonchev–Trinajstić information content (AvgIpc) is 3.46. The fraction of sp³-hybridized carbons (Fsp3) is 0.548. The third-order valence-electron chi connectivity index (χ3n) is 8.00. The molecule has 0 aliphatic carbocycles. The first-order valence-corrected chi connectivity index (χ1v) is 17.4. The van der Waals surface area contributed by atoms with Gasteiger partial charge in [-0.1, -0.05) is 40.7 Å². The molecule has 0 aliphatic rings. The number of rotatable bonds is 16. The molecule has 0 amide bonds. The molecular weight excluding hydrogens is 528 g/mol. The first-order chi connectivity index (χ1) is 18.7. The Kier molecular flexibility index (Phi) is 12.9. The minimum atomic E-state index is -1.67. The molecule has 39 heavy (non-hydrogen) atoms. The van der Waals surface area contributed by atoms with Gasteiger partial charge in [0.2, 0.25) is 0 Å². The number of hydrogen-bond donors (Lipinski definition) is 0. The van der Waals surface area contributed by atoms with Crippen LogP contribution in [0, 0.1) is 0 Å². The van der Waals surface area contributed by atoms with E-state index in [1.807, 2.05) is 0 Å². The maximum absolute atomic E-state index is 12.2. The van der Waals surface area contributed by atoms with Crippen LogP contribution in [0.3, 0.4) is 0 Å². The summed E-state index contributed by atoms with van der Waals surface area (Å²) >= 11 is 1.64. The van der Waals surface area contributed by atoms with E-state index in [1.54, 1.807) is 17.4 Å². The normalized spacial score (nSPS) is 12.4. The number of ether oxygens (including phenoxy) is 3. The number of methoxy groups -OCH3 is 2. The van der Waals surface area contributed by atoms with Crippen molar-refractivity contribution in [1.29, 1.82) is 0 Å². The van der Waals surface area contributed by atoms with E-state index in [9.17, 15) is 9.59 Å². The van der Waals surface area contributed by atoms with Gasteiger partial charge in [-0.15, -0.1) is 11.3 Å².